The van der Waals surface area contributed by atoms with E-state index in [-0.39, 0.29) is 17.7 Å². The molecule has 0 fully saturated rings. The third-order valence-electron chi connectivity index (χ3n) is 4.31. The molecule has 130 valence electrons. The summed E-state index contributed by atoms with van der Waals surface area (Å²) in [6.45, 7) is 0.559. The van der Waals surface area contributed by atoms with E-state index in [4.69, 9.17) is 5.73 Å². The molecular weight excluding hydrogens is 318 g/mol. The topological polar surface area (TPSA) is 92.5 Å². The lowest BCUT2D eigenvalue weighted by Crippen LogP contribution is -2.29. The van der Waals surface area contributed by atoms with Crippen molar-refractivity contribution >= 4 is 23.4 Å². The molecule has 2 aliphatic rings. The Kier molecular flexibility index (Phi) is 5.09. The maximum atomic E-state index is 12.7. The first-order valence-corrected chi connectivity index (χ1v) is 8.50. The summed E-state index contributed by atoms with van der Waals surface area (Å²) in [5.74, 6) is -0.759. The number of anilines is 1. The summed E-state index contributed by atoms with van der Waals surface area (Å²) in [6.07, 6.45) is 9.02. The number of unbranched alkanes of at least 4 members (excludes halogenated alkanes) is 1. The Morgan fingerprint density at radius 3 is 2.68 bits per heavy atom. The molecule has 6 nitrogen and oxygen atoms in total. The molecule has 0 spiro atoms. The molecule has 1 aromatic rings. The zero-order valence-electron chi connectivity index (χ0n) is 14.0. The zero-order valence-corrected chi connectivity index (χ0v) is 14.0. The maximum Gasteiger partial charge on any atom is 0.265 e. The highest BCUT2D eigenvalue weighted by Crippen LogP contribution is 2.31. The first kappa shape index (κ1) is 17.1. The van der Waals surface area contributed by atoms with E-state index in [1.807, 2.05) is 12.2 Å². The summed E-state index contributed by atoms with van der Waals surface area (Å²) in [6, 6.07) is 4.84. The van der Waals surface area contributed by atoms with Gasteiger partial charge in [0.1, 0.15) is 0 Å². The average Bonchev–Trinajstić information content (AvgIpc) is 2.86. The number of amides is 3. The zero-order chi connectivity index (χ0) is 17.8. The molecule has 0 unspecified atom stereocenters. The van der Waals surface area contributed by atoms with Gasteiger partial charge in [-0.25, -0.2) is 4.90 Å². The second-order valence-corrected chi connectivity index (χ2v) is 6.12. The van der Waals surface area contributed by atoms with Gasteiger partial charge in [-0.3, -0.25) is 14.4 Å². The van der Waals surface area contributed by atoms with Crippen LogP contribution >= 0.6 is 0 Å². The Morgan fingerprint density at radius 1 is 1.16 bits per heavy atom. The van der Waals surface area contributed by atoms with Gasteiger partial charge < -0.3 is 11.1 Å². The number of hydrogen-bond donors (Lipinski definition) is 2. The molecule has 0 saturated heterocycles. The average molecular weight is 339 g/mol. The van der Waals surface area contributed by atoms with Crippen LogP contribution in [-0.4, -0.2) is 29.2 Å². The van der Waals surface area contributed by atoms with Gasteiger partial charge in [0.05, 0.1) is 11.1 Å². The van der Waals surface area contributed by atoms with Crippen molar-refractivity contribution in [2.75, 3.05) is 11.9 Å². The van der Waals surface area contributed by atoms with E-state index in [1.165, 1.54) is 4.90 Å². The van der Waals surface area contributed by atoms with Crippen LogP contribution in [0.1, 0.15) is 52.8 Å². The molecule has 1 aliphatic carbocycles. The quantitative estimate of drug-likeness (QED) is 0.615. The van der Waals surface area contributed by atoms with E-state index >= 15 is 0 Å². The van der Waals surface area contributed by atoms with Gasteiger partial charge in [0.15, 0.2) is 0 Å². The number of carbonyl (C=O) groups is 3. The second kappa shape index (κ2) is 7.44. The van der Waals surface area contributed by atoms with Crippen molar-refractivity contribution < 1.29 is 14.4 Å². The Balaban J connectivity index is 1.76. The molecule has 1 aliphatic heterocycles. The van der Waals surface area contributed by atoms with Crippen LogP contribution in [0.15, 0.2) is 42.1 Å². The van der Waals surface area contributed by atoms with Crippen molar-refractivity contribution in [3.63, 3.8) is 0 Å². The number of benzene rings is 1. The van der Waals surface area contributed by atoms with Crippen molar-refractivity contribution in [3.8, 4) is 0 Å². The Bertz CT molecular complexity index is 780. The van der Waals surface area contributed by atoms with E-state index in [0.717, 1.165) is 19.3 Å². The SMILES string of the molecule is NCCCCC(=O)Nc1ccc2c(c1)C(=O)N(C1=CC=CCC1)C2=O. The van der Waals surface area contributed by atoms with Crippen LogP contribution in [-0.2, 0) is 4.79 Å². The maximum absolute atomic E-state index is 12.7. The lowest BCUT2D eigenvalue weighted by atomic mass is 10.1. The summed E-state index contributed by atoms with van der Waals surface area (Å²) in [4.78, 5) is 38.4. The third-order valence-corrected chi connectivity index (χ3v) is 4.31. The number of nitrogens with two attached hydrogens (primary N) is 1. The Morgan fingerprint density at radius 2 is 1.96 bits per heavy atom. The molecule has 0 bridgehead atoms. The summed E-state index contributed by atoms with van der Waals surface area (Å²) in [7, 11) is 0. The van der Waals surface area contributed by atoms with Gasteiger partial charge in [-0.05, 0) is 56.5 Å². The molecule has 6 heteroatoms. The van der Waals surface area contributed by atoms with Gasteiger partial charge in [-0.1, -0.05) is 12.2 Å². The smallest absolute Gasteiger partial charge is 0.265 e. The molecule has 0 atom stereocenters. The van der Waals surface area contributed by atoms with Gasteiger partial charge >= 0.3 is 0 Å². The Labute approximate surface area is 146 Å². The molecule has 1 heterocycles. The van der Waals surface area contributed by atoms with E-state index in [0.29, 0.717) is 41.9 Å². The number of carbonyl (C=O) groups excluding carboxylic acids is 3. The molecule has 0 radical (unpaired) electrons. The predicted molar refractivity (Wildman–Crippen MR) is 94.9 cm³/mol. The summed E-state index contributed by atoms with van der Waals surface area (Å²) < 4.78 is 0. The first-order chi connectivity index (χ1) is 12.1. The predicted octanol–water partition coefficient (Wildman–Crippen LogP) is 2.58. The van der Waals surface area contributed by atoms with Crippen LogP contribution in [0, 0.1) is 0 Å². The number of nitrogens with one attached hydrogen (secondary N) is 1. The van der Waals surface area contributed by atoms with Crippen LogP contribution in [0.2, 0.25) is 0 Å². The van der Waals surface area contributed by atoms with Gasteiger partial charge in [-0.2, -0.15) is 0 Å². The highest BCUT2D eigenvalue weighted by molar-refractivity contribution is 6.23. The van der Waals surface area contributed by atoms with Crippen molar-refractivity contribution in [2.45, 2.75) is 32.1 Å². The van der Waals surface area contributed by atoms with Crippen LogP contribution < -0.4 is 11.1 Å². The number of imide groups is 1. The summed E-state index contributed by atoms with van der Waals surface area (Å²) >= 11 is 0. The highest BCUT2D eigenvalue weighted by atomic mass is 16.2. The minimum atomic E-state index is -0.333. The normalized spacial score (nSPS) is 16.0. The first-order valence-electron chi connectivity index (χ1n) is 8.50. The number of fused-ring (bicyclic) bond motifs is 1. The van der Waals surface area contributed by atoms with E-state index < -0.39 is 0 Å². The lowest BCUT2D eigenvalue weighted by Gasteiger charge is -2.18. The standard InChI is InChI=1S/C19H21N3O3/c20-11-5-4-8-17(23)21-13-9-10-15-16(12-13)19(25)22(18(15)24)14-6-2-1-3-7-14/h1-2,6,9-10,12H,3-5,7-8,11,20H2,(H,21,23). The van der Waals surface area contributed by atoms with Crippen LogP contribution in [0.25, 0.3) is 0 Å². The summed E-state index contributed by atoms with van der Waals surface area (Å²) in [5.41, 5.74) is 7.36. The minimum absolute atomic E-state index is 0.123. The monoisotopic (exact) mass is 339 g/mol. The number of rotatable bonds is 6. The molecule has 0 saturated carbocycles. The molecule has 3 rings (SSSR count). The van der Waals surface area contributed by atoms with Crippen molar-refractivity contribution in [1.29, 1.82) is 0 Å². The van der Waals surface area contributed by atoms with Gasteiger partial charge in [-0.15, -0.1) is 0 Å². The van der Waals surface area contributed by atoms with Crippen LogP contribution in [0.5, 0.6) is 0 Å². The lowest BCUT2D eigenvalue weighted by molar-refractivity contribution is -0.116. The van der Waals surface area contributed by atoms with Gasteiger partial charge in [0.25, 0.3) is 11.8 Å². The largest absolute Gasteiger partial charge is 0.330 e. The molecule has 3 amide bonds. The fourth-order valence-electron chi connectivity index (χ4n) is 3.01. The van der Waals surface area contributed by atoms with Crippen molar-refractivity contribution in [3.05, 3.63) is 53.3 Å². The van der Waals surface area contributed by atoms with E-state index in [1.54, 1.807) is 24.3 Å². The van der Waals surface area contributed by atoms with E-state index in [9.17, 15) is 14.4 Å². The Hall–Kier alpha value is -2.73. The van der Waals surface area contributed by atoms with Crippen molar-refractivity contribution in [2.24, 2.45) is 5.73 Å². The van der Waals surface area contributed by atoms with Crippen molar-refractivity contribution in [1.82, 2.24) is 4.90 Å². The summed E-state index contributed by atoms with van der Waals surface area (Å²) in [5, 5.41) is 2.77. The molecule has 1 aromatic carbocycles. The molecule has 0 aromatic heterocycles. The molecule has 3 N–H and O–H groups in total. The van der Waals surface area contributed by atoms with Crippen LogP contribution in [0.4, 0.5) is 5.69 Å². The highest BCUT2D eigenvalue weighted by Gasteiger charge is 2.37. The molecule has 25 heavy (non-hydrogen) atoms. The fraction of sp³-hybridized carbons (Fsp3) is 0.316. The van der Waals surface area contributed by atoms with Gasteiger partial charge in [0.2, 0.25) is 5.91 Å². The molecular formula is C19H21N3O3. The van der Waals surface area contributed by atoms with Gasteiger partial charge in [0, 0.05) is 17.8 Å². The number of allylic oxidation sites excluding steroid dienone is 4. The second-order valence-electron chi connectivity index (χ2n) is 6.12. The van der Waals surface area contributed by atoms with Crippen LogP contribution in [0.3, 0.4) is 0 Å². The van der Waals surface area contributed by atoms with E-state index in [2.05, 4.69) is 5.32 Å². The number of hydrogen-bond acceptors (Lipinski definition) is 4. The third kappa shape index (κ3) is 3.53. The minimum Gasteiger partial charge on any atom is -0.330 e. The number of nitrogens with zero attached hydrogens (tertiary/aromatic N) is 1. The fourth-order valence-corrected chi connectivity index (χ4v) is 3.01.